The minimum absolute atomic E-state index is 0.0223. The number of esters is 1. The summed E-state index contributed by atoms with van der Waals surface area (Å²) < 4.78 is 5.51. The fourth-order valence-corrected chi connectivity index (χ4v) is 1.24. The van der Waals surface area contributed by atoms with Crippen LogP contribution in [-0.2, 0) is 9.53 Å². The molecule has 13 heavy (non-hydrogen) atoms. The van der Waals surface area contributed by atoms with E-state index in [1.165, 1.54) is 0 Å². The van der Waals surface area contributed by atoms with E-state index in [4.69, 9.17) is 4.74 Å². The summed E-state index contributed by atoms with van der Waals surface area (Å²) in [7, 11) is 0. The quantitative estimate of drug-likeness (QED) is 0.188. The maximum Gasteiger partial charge on any atom is 0.313 e. The third kappa shape index (κ3) is 2.17. The standard InChI is InChI=1S/C7H10N2O4/c1-8(11)4-6-5(9(2)12)3-7(10)13-6/h5-6H,1-4H2/t5?,6-/m1/s1. The van der Waals surface area contributed by atoms with E-state index >= 15 is 0 Å². The number of hydrogen-bond acceptors (Lipinski definition) is 4. The molecule has 1 aliphatic rings. The van der Waals surface area contributed by atoms with E-state index in [-0.39, 0.29) is 13.0 Å². The molecule has 0 radical (unpaired) electrons. The lowest BCUT2D eigenvalue weighted by atomic mass is 10.1. The van der Waals surface area contributed by atoms with Gasteiger partial charge in [0, 0.05) is 0 Å². The number of ether oxygens (including phenoxy) is 1. The zero-order valence-corrected chi connectivity index (χ0v) is 7.01. The molecule has 0 saturated carbocycles. The van der Waals surface area contributed by atoms with Crippen LogP contribution in [0.15, 0.2) is 0 Å². The summed E-state index contributed by atoms with van der Waals surface area (Å²) in [5, 5.41) is 21.4. The van der Waals surface area contributed by atoms with Gasteiger partial charge in [-0.1, -0.05) is 0 Å². The molecule has 0 aromatic carbocycles. The molecule has 1 heterocycles. The zero-order valence-electron chi connectivity index (χ0n) is 7.01. The first-order valence-corrected chi connectivity index (χ1v) is 3.72. The lowest BCUT2D eigenvalue weighted by Crippen LogP contribution is -2.35. The summed E-state index contributed by atoms with van der Waals surface area (Å²) in [4.78, 5) is 10.8. The van der Waals surface area contributed by atoms with Gasteiger partial charge < -0.3 is 15.2 Å². The molecule has 0 amide bonds. The van der Waals surface area contributed by atoms with Gasteiger partial charge in [0.2, 0.25) is 12.1 Å². The summed E-state index contributed by atoms with van der Waals surface area (Å²) in [5.74, 6) is -0.485. The summed E-state index contributed by atoms with van der Waals surface area (Å²) in [6.45, 7) is 6.08. The number of carbonyl (C=O) groups is 1. The van der Waals surface area contributed by atoms with Gasteiger partial charge in [0.25, 0.3) is 0 Å². The normalized spacial score (nSPS) is 26.9. The maximum absolute atomic E-state index is 10.8. The van der Waals surface area contributed by atoms with Crippen LogP contribution in [0.5, 0.6) is 0 Å². The van der Waals surface area contributed by atoms with E-state index in [0.29, 0.717) is 9.48 Å². The van der Waals surface area contributed by atoms with Gasteiger partial charge in [-0.3, -0.25) is 4.79 Å². The minimum Gasteiger partial charge on any atom is -0.624 e. The minimum atomic E-state index is -0.725. The highest BCUT2D eigenvalue weighted by atomic mass is 16.6. The van der Waals surface area contributed by atoms with Crippen LogP contribution in [0.4, 0.5) is 0 Å². The van der Waals surface area contributed by atoms with Crippen molar-refractivity contribution in [1.82, 2.24) is 0 Å². The average Bonchev–Trinajstić information content (AvgIpc) is 2.29. The summed E-state index contributed by atoms with van der Waals surface area (Å²) in [5.41, 5.74) is 0. The van der Waals surface area contributed by atoms with Crippen LogP contribution >= 0.6 is 0 Å². The van der Waals surface area contributed by atoms with Gasteiger partial charge in [0.15, 0.2) is 6.54 Å². The second-order valence-corrected chi connectivity index (χ2v) is 2.88. The summed E-state index contributed by atoms with van der Waals surface area (Å²) in [6, 6.07) is -0.675. The molecule has 72 valence electrons. The molecule has 1 unspecified atom stereocenters. The number of rotatable bonds is 3. The van der Waals surface area contributed by atoms with Crippen LogP contribution in [-0.4, -0.2) is 47.6 Å². The van der Waals surface area contributed by atoms with Crippen molar-refractivity contribution in [1.29, 1.82) is 0 Å². The molecule has 0 bridgehead atoms. The van der Waals surface area contributed by atoms with Crippen LogP contribution < -0.4 is 0 Å². The Labute approximate surface area is 74.9 Å². The molecular weight excluding hydrogens is 176 g/mol. The number of hydrogen-bond donors (Lipinski definition) is 0. The highest BCUT2D eigenvalue weighted by molar-refractivity contribution is 5.72. The Hall–Kier alpha value is -1.59. The molecule has 0 spiro atoms. The number of nitrogens with zero attached hydrogens (tertiary/aromatic N) is 2. The van der Waals surface area contributed by atoms with Crippen molar-refractivity contribution in [3.8, 4) is 0 Å². The molecule has 1 fully saturated rings. The van der Waals surface area contributed by atoms with Gasteiger partial charge >= 0.3 is 5.97 Å². The molecule has 0 aromatic heterocycles. The zero-order chi connectivity index (χ0) is 10.0. The summed E-state index contributed by atoms with van der Waals surface area (Å²) >= 11 is 0. The second kappa shape index (κ2) is 3.42. The van der Waals surface area contributed by atoms with Crippen molar-refractivity contribution >= 4 is 19.4 Å². The summed E-state index contributed by atoms with van der Waals surface area (Å²) in [6.07, 6.45) is -0.747. The Kier molecular flexibility index (Phi) is 2.50. The highest BCUT2D eigenvalue weighted by Gasteiger charge is 2.42. The second-order valence-electron chi connectivity index (χ2n) is 2.88. The number of hydroxylamine groups is 2. The molecule has 6 nitrogen and oxygen atoms in total. The third-order valence-corrected chi connectivity index (χ3v) is 1.84. The van der Waals surface area contributed by atoms with Gasteiger partial charge in [-0.2, -0.15) is 0 Å². The predicted octanol–water partition coefficient (Wildman–Crippen LogP) is -0.908. The van der Waals surface area contributed by atoms with Crippen molar-refractivity contribution in [2.24, 2.45) is 0 Å². The molecule has 0 N–H and O–H groups in total. The Bertz CT molecular complexity index is 263. The molecule has 0 aromatic rings. The van der Waals surface area contributed by atoms with Gasteiger partial charge in [-0.25, -0.2) is 9.48 Å². The van der Waals surface area contributed by atoms with Crippen molar-refractivity contribution < 1.29 is 19.0 Å². The Balaban J connectivity index is 2.66. The van der Waals surface area contributed by atoms with Crippen LogP contribution in [0, 0.1) is 10.4 Å². The first-order valence-electron chi connectivity index (χ1n) is 3.72. The molecule has 1 rings (SSSR count). The van der Waals surface area contributed by atoms with Crippen LogP contribution in [0.2, 0.25) is 0 Å². The van der Waals surface area contributed by atoms with E-state index in [1.807, 2.05) is 0 Å². The third-order valence-electron chi connectivity index (χ3n) is 1.84. The molecule has 1 aliphatic heterocycles. The van der Waals surface area contributed by atoms with Gasteiger partial charge in [-0.05, 0) is 0 Å². The molecule has 0 aliphatic carbocycles. The molecule has 1 saturated heterocycles. The Morgan fingerprint density at radius 1 is 1.54 bits per heavy atom. The SMILES string of the molecule is C=[N+]([O-])C[C@H]1OC(=O)CC1[N+](=C)[O-]. The molecule has 6 heteroatoms. The largest absolute Gasteiger partial charge is 0.624 e. The van der Waals surface area contributed by atoms with Gasteiger partial charge in [0.05, 0.1) is 0 Å². The van der Waals surface area contributed by atoms with Crippen molar-refractivity contribution in [2.75, 3.05) is 6.54 Å². The predicted molar refractivity (Wildman–Crippen MR) is 44.6 cm³/mol. The Morgan fingerprint density at radius 2 is 2.15 bits per heavy atom. The Morgan fingerprint density at radius 3 is 2.62 bits per heavy atom. The van der Waals surface area contributed by atoms with Crippen molar-refractivity contribution in [3.63, 3.8) is 0 Å². The van der Waals surface area contributed by atoms with Crippen LogP contribution in [0.3, 0.4) is 0 Å². The van der Waals surface area contributed by atoms with Gasteiger partial charge in [-0.15, -0.1) is 0 Å². The lowest BCUT2D eigenvalue weighted by molar-refractivity contribution is -0.521. The lowest BCUT2D eigenvalue weighted by Gasteiger charge is -2.14. The van der Waals surface area contributed by atoms with E-state index < -0.39 is 18.1 Å². The van der Waals surface area contributed by atoms with E-state index in [1.54, 1.807) is 0 Å². The number of cyclic esters (lactones) is 1. The van der Waals surface area contributed by atoms with Crippen LogP contribution in [0.25, 0.3) is 0 Å². The molecular formula is C7H10N2O4. The average molecular weight is 186 g/mol. The number of carbonyl (C=O) groups excluding carboxylic acids is 1. The maximum atomic E-state index is 10.8. The monoisotopic (exact) mass is 186 g/mol. The van der Waals surface area contributed by atoms with Crippen molar-refractivity contribution in [2.45, 2.75) is 18.6 Å². The molecule has 2 atom stereocenters. The van der Waals surface area contributed by atoms with Crippen LogP contribution in [0.1, 0.15) is 6.42 Å². The first kappa shape index (κ1) is 9.50. The fourth-order valence-electron chi connectivity index (χ4n) is 1.24. The van der Waals surface area contributed by atoms with Gasteiger partial charge in [0.1, 0.15) is 19.9 Å². The first-order chi connectivity index (χ1) is 6.00. The smallest absolute Gasteiger partial charge is 0.313 e. The van der Waals surface area contributed by atoms with E-state index in [9.17, 15) is 15.2 Å². The topological polar surface area (TPSA) is 78.4 Å². The highest BCUT2D eigenvalue weighted by Crippen LogP contribution is 2.17. The van der Waals surface area contributed by atoms with E-state index in [0.717, 1.165) is 0 Å². The van der Waals surface area contributed by atoms with E-state index in [2.05, 4.69) is 13.4 Å². The van der Waals surface area contributed by atoms with Crippen molar-refractivity contribution in [3.05, 3.63) is 10.4 Å². The fraction of sp³-hybridized carbons (Fsp3) is 0.571.